The maximum absolute atomic E-state index is 10.5. The Kier molecular flexibility index (Phi) is 8.30. The number of pyridine rings is 2. The topological polar surface area (TPSA) is 82.6 Å². The van der Waals surface area contributed by atoms with Crippen LogP contribution in [0.5, 0.6) is 0 Å². The van der Waals surface area contributed by atoms with Crippen molar-refractivity contribution in [2.45, 2.75) is 0 Å². The molecule has 54 heavy (non-hydrogen) atoms. The molecule has 8 nitrogen and oxygen atoms in total. The number of hydrogen-bond acceptors (Lipinski definition) is 6. The van der Waals surface area contributed by atoms with Gasteiger partial charge in [-0.15, -0.1) is 0 Å². The first-order valence-corrected chi connectivity index (χ1v) is 17.6. The fourth-order valence-corrected chi connectivity index (χ4v) is 7.13. The van der Waals surface area contributed by atoms with Gasteiger partial charge in [0.1, 0.15) is 0 Å². The Bertz CT molecular complexity index is 2580. The molecule has 0 aliphatic carbocycles. The van der Waals surface area contributed by atoms with Crippen molar-refractivity contribution in [1.82, 2.24) is 19.4 Å². The monoisotopic (exact) mass is 702 g/mol. The molecule has 0 aliphatic heterocycles. The van der Waals surface area contributed by atoms with Crippen LogP contribution >= 0.6 is 0 Å². The van der Waals surface area contributed by atoms with E-state index in [0.29, 0.717) is 5.65 Å². The van der Waals surface area contributed by atoms with Gasteiger partial charge in [-0.05, 0) is 103 Å². The quantitative estimate of drug-likeness (QED) is 0.168. The molecule has 4 heterocycles. The zero-order valence-corrected chi connectivity index (χ0v) is 29.1. The lowest BCUT2D eigenvalue weighted by Gasteiger charge is -2.25. The average molecular weight is 703 g/mol. The van der Waals surface area contributed by atoms with E-state index in [1.54, 1.807) is 18.6 Å². The summed E-state index contributed by atoms with van der Waals surface area (Å²) in [5.74, 6) is 0. The minimum absolute atomic E-state index is 0.565. The van der Waals surface area contributed by atoms with E-state index in [2.05, 4.69) is 80.4 Å². The van der Waals surface area contributed by atoms with Crippen molar-refractivity contribution in [3.8, 4) is 0 Å². The minimum Gasteiger partial charge on any atom is -0.428 e. The molecular formula is C46H34N6O2. The first-order valence-electron chi connectivity index (χ1n) is 17.6. The summed E-state index contributed by atoms with van der Waals surface area (Å²) in [5.41, 5.74) is 9.19. The first kappa shape index (κ1) is 32.3. The van der Waals surface area contributed by atoms with Crippen LogP contribution in [0.4, 0.5) is 34.1 Å². The molecule has 0 atom stereocenters. The molecule has 6 aromatic carbocycles. The Labute approximate surface area is 311 Å². The molecule has 0 unspecified atom stereocenters. The lowest BCUT2D eigenvalue weighted by molar-refractivity contribution is 0.211. The molecule has 10 rings (SSSR count). The first-order chi connectivity index (χ1) is 26.7. The Morgan fingerprint density at radius 2 is 0.815 bits per heavy atom. The van der Waals surface area contributed by atoms with Crippen molar-refractivity contribution >= 4 is 77.9 Å². The number of rotatable bonds is 6. The van der Waals surface area contributed by atoms with Gasteiger partial charge in [0, 0.05) is 74.3 Å². The number of hydrogen-bond donors (Lipinski definition) is 2. The van der Waals surface area contributed by atoms with Crippen molar-refractivity contribution in [3.63, 3.8) is 0 Å². The highest BCUT2D eigenvalue weighted by atomic mass is 16.5. The van der Waals surface area contributed by atoms with Gasteiger partial charge in [-0.3, -0.25) is 4.98 Å². The molecule has 8 heteroatoms. The van der Waals surface area contributed by atoms with Crippen LogP contribution < -0.4 is 9.80 Å². The molecular weight excluding hydrogens is 669 g/mol. The highest BCUT2D eigenvalue weighted by molar-refractivity contribution is 6.09. The van der Waals surface area contributed by atoms with E-state index in [-0.39, 0.29) is 0 Å². The highest BCUT2D eigenvalue weighted by Gasteiger charge is 2.18. The van der Waals surface area contributed by atoms with Gasteiger partial charge < -0.3 is 20.2 Å². The van der Waals surface area contributed by atoms with Crippen LogP contribution in [0.2, 0.25) is 0 Å². The molecule has 0 saturated carbocycles. The molecule has 0 bridgehead atoms. The largest absolute Gasteiger partial charge is 0.428 e. The summed E-state index contributed by atoms with van der Waals surface area (Å²) in [6.07, 6.45) is 5.17. The molecule has 0 fully saturated rings. The van der Waals surface area contributed by atoms with Gasteiger partial charge in [0.25, 0.3) is 0 Å². The van der Waals surface area contributed by atoms with E-state index < -0.39 is 0 Å². The van der Waals surface area contributed by atoms with Crippen molar-refractivity contribution in [1.29, 1.82) is 0 Å². The Hall–Kier alpha value is -7.58. The summed E-state index contributed by atoms with van der Waals surface area (Å²) in [6, 6.07) is 58.9. The SMILES string of the molecule is On1c2ccc(N(c3ccccc3)c3ccccc3)cc2c2cccnc21.On1c2ccncc2c2cc(N(c3ccccc3)c3ccccc3)ccc21. The van der Waals surface area contributed by atoms with E-state index >= 15 is 0 Å². The van der Waals surface area contributed by atoms with Crippen molar-refractivity contribution in [3.05, 3.63) is 195 Å². The molecule has 4 aromatic heterocycles. The maximum Gasteiger partial charge on any atom is 0.176 e. The van der Waals surface area contributed by atoms with E-state index in [1.807, 2.05) is 115 Å². The number of fused-ring (bicyclic) bond motifs is 6. The smallest absolute Gasteiger partial charge is 0.176 e. The Balaban J connectivity index is 0.000000142. The second-order valence-electron chi connectivity index (χ2n) is 12.8. The van der Waals surface area contributed by atoms with E-state index in [9.17, 15) is 10.4 Å². The molecule has 10 aromatic rings. The van der Waals surface area contributed by atoms with Crippen LogP contribution in [0, 0.1) is 0 Å². The molecule has 0 radical (unpaired) electrons. The summed E-state index contributed by atoms with van der Waals surface area (Å²) in [4.78, 5) is 12.9. The third-order valence-electron chi connectivity index (χ3n) is 9.58. The summed E-state index contributed by atoms with van der Waals surface area (Å²) in [6.45, 7) is 0. The summed E-state index contributed by atoms with van der Waals surface area (Å²) >= 11 is 0. The molecule has 2 N–H and O–H groups in total. The fourth-order valence-electron chi connectivity index (χ4n) is 7.13. The second-order valence-corrected chi connectivity index (χ2v) is 12.8. The van der Waals surface area contributed by atoms with Crippen LogP contribution in [0.25, 0.3) is 43.7 Å². The third kappa shape index (κ3) is 5.78. The molecule has 0 saturated heterocycles. The number of aromatic nitrogens is 4. The van der Waals surface area contributed by atoms with Gasteiger partial charge in [0.2, 0.25) is 0 Å². The van der Waals surface area contributed by atoms with Gasteiger partial charge in [-0.25, -0.2) is 4.98 Å². The van der Waals surface area contributed by atoms with Crippen LogP contribution in [-0.2, 0) is 0 Å². The zero-order chi connectivity index (χ0) is 36.4. The minimum atomic E-state index is 0.565. The number of benzene rings is 6. The van der Waals surface area contributed by atoms with Gasteiger partial charge in [0.15, 0.2) is 5.65 Å². The van der Waals surface area contributed by atoms with Gasteiger partial charge in [0.05, 0.1) is 16.6 Å². The van der Waals surface area contributed by atoms with Gasteiger partial charge in [-0.2, -0.15) is 9.46 Å². The van der Waals surface area contributed by atoms with Crippen molar-refractivity contribution < 1.29 is 10.4 Å². The summed E-state index contributed by atoms with van der Waals surface area (Å²) < 4.78 is 2.38. The van der Waals surface area contributed by atoms with Crippen LogP contribution in [0.3, 0.4) is 0 Å². The summed E-state index contributed by atoms with van der Waals surface area (Å²) in [5, 5.41) is 24.7. The Morgan fingerprint density at radius 1 is 0.370 bits per heavy atom. The third-order valence-corrected chi connectivity index (χ3v) is 9.58. The lowest BCUT2D eigenvalue weighted by atomic mass is 10.1. The zero-order valence-electron chi connectivity index (χ0n) is 29.1. The number of para-hydroxylation sites is 4. The normalized spacial score (nSPS) is 11.1. The molecule has 0 amide bonds. The van der Waals surface area contributed by atoms with Crippen LogP contribution in [0.1, 0.15) is 0 Å². The van der Waals surface area contributed by atoms with Gasteiger partial charge in [-0.1, -0.05) is 72.8 Å². The molecule has 0 spiro atoms. The molecule has 260 valence electrons. The average Bonchev–Trinajstić information content (AvgIpc) is 3.69. The Morgan fingerprint density at radius 3 is 1.31 bits per heavy atom. The molecule has 0 aliphatic rings. The van der Waals surface area contributed by atoms with E-state index in [1.165, 1.54) is 4.73 Å². The lowest BCUT2D eigenvalue weighted by Crippen LogP contribution is -2.09. The van der Waals surface area contributed by atoms with Gasteiger partial charge >= 0.3 is 0 Å². The second kappa shape index (κ2) is 13.9. The van der Waals surface area contributed by atoms with E-state index in [4.69, 9.17) is 0 Å². The number of anilines is 6. The predicted octanol–water partition coefficient (Wildman–Crippen LogP) is 11.8. The van der Waals surface area contributed by atoms with E-state index in [0.717, 1.165) is 76.9 Å². The standard InChI is InChI=1S/2C23H17N3O/c27-26-22-14-13-19(16-21(22)20-12-7-15-24-23(20)26)25(17-8-3-1-4-9-17)18-10-5-2-6-11-18;27-26-22-12-11-19(15-20(22)21-16-24-14-13-23(21)26)25(17-7-3-1-4-8-17)18-9-5-2-6-10-18/h2*1-16,27H. The maximum atomic E-state index is 10.5. The number of nitrogens with zero attached hydrogens (tertiary/aromatic N) is 6. The fraction of sp³-hybridized carbons (Fsp3) is 0. The van der Waals surface area contributed by atoms with Crippen LogP contribution in [0.15, 0.2) is 195 Å². The highest BCUT2D eigenvalue weighted by Crippen LogP contribution is 2.39. The van der Waals surface area contributed by atoms with Crippen LogP contribution in [-0.4, -0.2) is 29.8 Å². The predicted molar refractivity (Wildman–Crippen MR) is 218 cm³/mol. The summed E-state index contributed by atoms with van der Waals surface area (Å²) in [7, 11) is 0. The van der Waals surface area contributed by atoms with Crippen molar-refractivity contribution in [2.24, 2.45) is 0 Å². The van der Waals surface area contributed by atoms with Crippen molar-refractivity contribution in [2.75, 3.05) is 9.80 Å².